The van der Waals surface area contributed by atoms with Crippen LogP contribution in [-0.4, -0.2) is 6.04 Å². The number of benzene rings is 1. The van der Waals surface area contributed by atoms with Crippen molar-refractivity contribution in [2.45, 2.75) is 45.1 Å². The van der Waals surface area contributed by atoms with Gasteiger partial charge in [-0.15, -0.1) is 0 Å². The molecule has 18 heavy (non-hydrogen) atoms. The first-order valence-electron chi connectivity index (χ1n) is 6.95. The van der Waals surface area contributed by atoms with E-state index in [1.165, 1.54) is 5.39 Å². The van der Waals surface area contributed by atoms with Crippen LogP contribution in [0.4, 0.5) is 0 Å². The Balaban J connectivity index is 2.00. The number of para-hydroxylation sites is 1. The summed E-state index contributed by atoms with van der Waals surface area (Å²) in [5.41, 5.74) is 7.50. The van der Waals surface area contributed by atoms with E-state index in [1.807, 2.05) is 12.1 Å². The van der Waals surface area contributed by atoms with Gasteiger partial charge in [-0.25, -0.2) is 0 Å². The molecular formula is C16H21NO. The molecule has 2 heteroatoms. The Labute approximate surface area is 108 Å². The molecule has 1 saturated carbocycles. The summed E-state index contributed by atoms with van der Waals surface area (Å²) in [7, 11) is 0. The molecule has 2 aromatic rings. The lowest BCUT2D eigenvalue weighted by atomic mass is 9.53. The van der Waals surface area contributed by atoms with E-state index in [1.54, 1.807) is 0 Å². The zero-order chi connectivity index (χ0) is 12.8. The van der Waals surface area contributed by atoms with Crippen LogP contribution in [-0.2, 0) is 0 Å². The van der Waals surface area contributed by atoms with E-state index in [-0.39, 0.29) is 5.41 Å². The number of hydrogen-bond donors (Lipinski definition) is 1. The summed E-state index contributed by atoms with van der Waals surface area (Å²) in [6.07, 6.45) is 3.32. The van der Waals surface area contributed by atoms with E-state index in [0.717, 1.165) is 30.6 Å². The average molecular weight is 243 g/mol. The minimum Gasteiger partial charge on any atom is -0.461 e. The molecule has 96 valence electrons. The zero-order valence-electron chi connectivity index (χ0n) is 11.1. The van der Waals surface area contributed by atoms with Gasteiger partial charge in [0.2, 0.25) is 0 Å². The van der Waals surface area contributed by atoms with Gasteiger partial charge in [0, 0.05) is 17.3 Å². The predicted molar refractivity (Wildman–Crippen MR) is 74.6 cm³/mol. The fourth-order valence-corrected chi connectivity index (χ4v) is 3.66. The summed E-state index contributed by atoms with van der Waals surface area (Å²) >= 11 is 0. The van der Waals surface area contributed by atoms with Crippen LogP contribution in [0.5, 0.6) is 0 Å². The SMILES string of the molecule is CCC1(CC)C(N)CC1c1cc2ccccc2o1. The zero-order valence-corrected chi connectivity index (χ0v) is 11.1. The summed E-state index contributed by atoms with van der Waals surface area (Å²) in [6.45, 7) is 4.50. The number of hydrogen-bond acceptors (Lipinski definition) is 2. The lowest BCUT2D eigenvalue weighted by Crippen LogP contribution is -2.55. The van der Waals surface area contributed by atoms with E-state index >= 15 is 0 Å². The van der Waals surface area contributed by atoms with Gasteiger partial charge in [0.25, 0.3) is 0 Å². The normalized spacial score (nSPS) is 26.2. The summed E-state index contributed by atoms with van der Waals surface area (Å²) in [5, 5.41) is 1.20. The molecule has 2 nitrogen and oxygen atoms in total. The molecule has 0 bridgehead atoms. The lowest BCUT2D eigenvalue weighted by Gasteiger charge is -2.53. The van der Waals surface area contributed by atoms with E-state index in [0.29, 0.717) is 12.0 Å². The molecule has 1 aromatic heterocycles. The van der Waals surface area contributed by atoms with Crippen LogP contribution in [0.15, 0.2) is 34.7 Å². The average Bonchev–Trinajstić information content (AvgIpc) is 2.80. The highest BCUT2D eigenvalue weighted by Crippen LogP contribution is 2.56. The van der Waals surface area contributed by atoms with Crippen molar-refractivity contribution in [3.63, 3.8) is 0 Å². The van der Waals surface area contributed by atoms with Crippen molar-refractivity contribution in [1.82, 2.24) is 0 Å². The highest BCUT2D eigenvalue weighted by atomic mass is 16.3. The Morgan fingerprint density at radius 3 is 2.61 bits per heavy atom. The van der Waals surface area contributed by atoms with Crippen molar-refractivity contribution in [2.24, 2.45) is 11.1 Å². The maximum absolute atomic E-state index is 6.26. The molecule has 2 atom stereocenters. The third kappa shape index (κ3) is 1.45. The van der Waals surface area contributed by atoms with Gasteiger partial charge in [0.15, 0.2) is 0 Å². The summed E-state index contributed by atoms with van der Waals surface area (Å²) in [6, 6.07) is 10.8. The second-order valence-electron chi connectivity index (χ2n) is 5.52. The monoisotopic (exact) mass is 243 g/mol. The molecule has 0 radical (unpaired) electrons. The molecule has 0 saturated heterocycles. The topological polar surface area (TPSA) is 39.2 Å². The van der Waals surface area contributed by atoms with Gasteiger partial charge < -0.3 is 10.2 Å². The standard InChI is InChI=1S/C16H21NO/c1-3-16(4-2)12(10-15(16)17)14-9-11-7-5-6-8-13(11)18-14/h5-9,12,15H,3-4,10,17H2,1-2H3. The molecule has 2 unspecified atom stereocenters. The van der Waals surface area contributed by atoms with Crippen molar-refractivity contribution < 1.29 is 4.42 Å². The van der Waals surface area contributed by atoms with Gasteiger partial charge in [-0.2, -0.15) is 0 Å². The second-order valence-corrected chi connectivity index (χ2v) is 5.52. The molecule has 1 aliphatic carbocycles. The number of nitrogens with two attached hydrogens (primary N) is 1. The molecular weight excluding hydrogens is 222 g/mol. The van der Waals surface area contributed by atoms with Gasteiger partial charge in [-0.05, 0) is 36.8 Å². The summed E-state index contributed by atoms with van der Waals surface area (Å²) in [5.74, 6) is 1.62. The number of fused-ring (bicyclic) bond motifs is 1. The number of furan rings is 1. The van der Waals surface area contributed by atoms with Crippen molar-refractivity contribution in [2.75, 3.05) is 0 Å². The molecule has 1 aliphatic rings. The predicted octanol–water partition coefficient (Wildman–Crippen LogP) is 4.05. The molecule has 1 fully saturated rings. The lowest BCUT2D eigenvalue weighted by molar-refractivity contribution is 0.0322. The van der Waals surface area contributed by atoms with E-state index in [9.17, 15) is 0 Å². The maximum Gasteiger partial charge on any atom is 0.134 e. The molecule has 1 aromatic carbocycles. The fourth-order valence-electron chi connectivity index (χ4n) is 3.66. The highest BCUT2D eigenvalue weighted by Gasteiger charge is 2.52. The van der Waals surface area contributed by atoms with Crippen LogP contribution >= 0.6 is 0 Å². The van der Waals surface area contributed by atoms with Crippen LogP contribution in [0.25, 0.3) is 11.0 Å². The van der Waals surface area contributed by atoms with Gasteiger partial charge in [-0.1, -0.05) is 32.0 Å². The van der Waals surface area contributed by atoms with Gasteiger partial charge in [0.05, 0.1) is 0 Å². The van der Waals surface area contributed by atoms with Crippen molar-refractivity contribution >= 4 is 11.0 Å². The quantitative estimate of drug-likeness (QED) is 0.883. The van der Waals surface area contributed by atoms with Gasteiger partial charge in [-0.3, -0.25) is 0 Å². The highest BCUT2D eigenvalue weighted by molar-refractivity contribution is 5.77. The second kappa shape index (κ2) is 4.13. The Morgan fingerprint density at radius 2 is 2.00 bits per heavy atom. The first kappa shape index (κ1) is 11.8. The molecule has 2 N–H and O–H groups in total. The minimum atomic E-state index is 0.244. The Morgan fingerprint density at radius 1 is 1.28 bits per heavy atom. The Kier molecular flexibility index (Phi) is 2.70. The van der Waals surface area contributed by atoms with E-state index < -0.39 is 0 Å². The first-order chi connectivity index (χ1) is 8.71. The van der Waals surface area contributed by atoms with Crippen LogP contribution in [0.3, 0.4) is 0 Å². The largest absolute Gasteiger partial charge is 0.461 e. The number of rotatable bonds is 3. The van der Waals surface area contributed by atoms with Crippen LogP contribution < -0.4 is 5.73 Å². The Hall–Kier alpha value is -1.28. The molecule has 0 aliphatic heterocycles. The van der Waals surface area contributed by atoms with Gasteiger partial charge in [0.1, 0.15) is 11.3 Å². The molecule has 0 amide bonds. The van der Waals surface area contributed by atoms with Gasteiger partial charge >= 0.3 is 0 Å². The smallest absolute Gasteiger partial charge is 0.134 e. The van der Waals surface area contributed by atoms with Crippen LogP contribution in [0, 0.1) is 5.41 Å². The van der Waals surface area contributed by atoms with E-state index in [2.05, 4.69) is 32.0 Å². The first-order valence-corrected chi connectivity index (χ1v) is 6.95. The van der Waals surface area contributed by atoms with Crippen molar-refractivity contribution in [3.05, 3.63) is 36.1 Å². The van der Waals surface area contributed by atoms with E-state index in [4.69, 9.17) is 10.2 Å². The molecule has 1 heterocycles. The van der Waals surface area contributed by atoms with Crippen LogP contribution in [0.2, 0.25) is 0 Å². The van der Waals surface area contributed by atoms with Crippen molar-refractivity contribution in [3.8, 4) is 0 Å². The Bertz CT molecular complexity index is 520. The van der Waals surface area contributed by atoms with Crippen molar-refractivity contribution in [1.29, 1.82) is 0 Å². The summed E-state index contributed by atoms with van der Waals surface area (Å²) < 4.78 is 6.02. The summed E-state index contributed by atoms with van der Waals surface area (Å²) in [4.78, 5) is 0. The van der Waals surface area contributed by atoms with Crippen LogP contribution in [0.1, 0.15) is 44.8 Å². The molecule has 3 rings (SSSR count). The third-order valence-corrected chi connectivity index (χ3v) is 5.03. The maximum atomic E-state index is 6.26. The molecule has 0 spiro atoms. The fraction of sp³-hybridized carbons (Fsp3) is 0.500. The third-order valence-electron chi connectivity index (χ3n) is 5.03. The minimum absolute atomic E-state index is 0.244.